The highest BCUT2D eigenvalue weighted by Crippen LogP contribution is 2.69. The third-order valence-electron chi connectivity index (χ3n) is 13.5. The minimum absolute atomic E-state index is 0.157. The zero-order valence-corrected chi connectivity index (χ0v) is 28.2. The molecule has 7 heteroatoms. The highest BCUT2D eigenvalue weighted by molar-refractivity contribution is 5.15. The number of fused-ring (bicyclic) bond motifs is 5. The molecule has 0 amide bonds. The van der Waals surface area contributed by atoms with Crippen molar-refractivity contribution in [3.8, 4) is 0 Å². The fraction of sp³-hybridized carbons (Fsp3) is 1.00. The Bertz CT molecular complexity index is 871. The molecule has 250 valence electrons. The summed E-state index contributed by atoms with van der Waals surface area (Å²) < 4.78 is 26.0. The molecular weight excluding hydrogens is 538 g/mol. The van der Waals surface area contributed by atoms with Crippen LogP contribution in [0.5, 0.6) is 0 Å². The predicted octanol–water partition coefficient (Wildman–Crippen LogP) is 5.66. The largest absolute Gasteiger partial charge is 0.378 e. The molecule has 1 saturated heterocycles. The van der Waals surface area contributed by atoms with Crippen molar-refractivity contribution in [3.63, 3.8) is 0 Å². The maximum atomic E-state index is 6.99. The van der Waals surface area contributed by atoms with Gasteiger partial charge in [0.05, 0.1) is 30.5 Å². The molecule has 7 nitrogen and oxygen atoms in total. The molecule has 12 atom stereocenters. The number of ether oxygens (including phenoxy) is 4. The van der Waals surface area contributed by atoms with E-state index in [9.17, 15) is 0 Å². The van der Waals surface area contributed by atoms with E-state index in [0.717, 1.165) is 52.1 Å². The van der Waals surface area contributed by atoms with Crippen LogP contribution in [-0.4, -0.2) is 70.0 Å². The van der Waals surface area contributed by atoms with Crippen LogP contribution in [0.4, 0.5) is 0 Å². The molecule has 0 aromatic carbocycles. The lowest BCUT2D eigenvalue weighted by molar-refractivity contribution is -0.227. The SMILES string of the molecule is C[C@H](CCCC1(C)CO1)C1CC[C@H]2C3[C@H](OCCCN)CC4C[C@H](OCCCN)CCC4(C)[C@H]3C[C@H](OCCCN)C12C. The second kappa shape index (κ2) is 14.6. The van der Waals surface area contributed by atoms with Crippen LogP contribution in [0.2, 0.25) is 0 Å². The summed E-state index contributed by atoms with van der Waals surface area (Å²) in [5.41, 5.74) is 18.3. The van der Waals surface area contributed by atoms with Crippen LogP contribution in [0.25, 0.3) is 0 Å². The molecule has 5 aliphatic rings. The maximum Gasteiger partial charge on any atom is 0.0888 e. The van der Waals surface area contributed by atoms with E-state index in [4.69, 9.17) is 36.1 Å². The minimum atomic E-state index is 0.157. The van der Waals surface area contributed by atoms with Crippen LogP contribution in [0.3, 0.4) is 0 Å². The summed E-state index contributed by atoms with van der Waals surface area (Å²) in [5.74, 6) is 3.88. The third-order valence-corrected chi connectivity index (χ3v) is 13.5. The van der Waals surface area contributed by atoms with Gasteiger partial charge >= 0.3 is 0 Å². The molecule has 4 saturated carbocycles. The predicted molar refractivity (Wildman–Crippen MR) is 174 cm³/mol. The Hall–Kier alpha value is -0.280. The van der Waals surface area contributed by atoms with Crippen molar-refractivity contribution in [2.75, 3.05) is 46.1 Å². The first-order valence-electron chi connectivity index (χ1n) is 18.3. The Morgan fingerprint density at radius 2 is 1.47 bits per heavy atom. The van der Waals surface area contributed by atoms with Gasteiger partial charge in [0.2, 0.25) is 0 Å². The Morgan fingerprint density at radius 3 is 2.14 bits per heavy atom. The van der Waals surface area contributed by atoms with Crippen molar-refractivity contribution in [1.29, 1.82) is 0 Å². The number of nitrogens with two attached hydrogens (primary N) is 3. The van der Waals surface area contributed by atoms with E-state index in [0.29, 0.717) is 78.9 Å². The molecule has 0 spiro atoms. The van der Waals surface area contributed by atoms with E-state index in [1.807, 2.05) is 0 Å². The summed E-state index contributed by atoms with van der Waals surface area (Å²) >= 11 is 0. The molecule has 0 bridgehead atoms. The highest BCUT2D eigenvalue weighted by atomic mass is 16.6. The zero-order valence-electron chi connectivity index (χ0n) is 28.2. The molecule has 0 aromatic heterocycles. The average molecular weight is 606 g/mol. The number of epoxide rings is 1. The first kappa shape index (κ1) is 34.1. The van der Waals surface area contributed by atoms with Gasteiger partial charge in [0.15, 0.2) is 0 Å². The maximum absolute atomic E-state index is 6.99. The molecule has 0 aromatic rings. The van der Waals surface area contributed by atoms with E-state index in [1.165, 1.54) is 57.8 Å². The van der Waals surface area contributed by atoms with Crippen LogP contribution in [0.1, 0.15) is 111 Å². The lowest BCUT2D eigenvalue weighted by atomic mass is 9.43. The van der Waals surface area contributed by atoms with Crippen molar-refractivity contribution in [1.82, 2.24) is 0 Å². The first-order chi connectivity index (χ1) is 20.7. The molecule has 43 heavy (non-hydrogen) atoms. The fourth-order valence-corrected chi connectivity index (χ4v) is 10.9. The molecule has 1 aliphatic heterocycles. The zero-order chi connectivity index (χ0) is 30.7. The molecule has 6 unspecified atom stereocenters. The Balaban J connectivity index is 1.39. The van der Waals surface area contributed by atoms with Gasteiger partial charge in [-0.1, -0.05) is 33.6 Å². The Labute approximate surface area is 263 Å². The van der Waals surface area contributed by atoms with Crippen molar-refractivity contribution in [3.05, 3.63) is 0 Å². The molecule has 5 fully saturated rings. The van der Waals surface area contributed by atoms with E-state index in [2.05, 4.69) is 27.7 Å². The van der Waals surface area contributed by atoms with Crippen molar-refractivity contribution >= 4 is 0 Å². The smallest absolute Gasteiger partial charge is 0.0888 e. The average Bonchev–Trinajstić information content (AvgIpc) is 3.60. The van der Waals surface area contributed by atoms with E-state index >= 15 is 0 Å². The molecule has 4 aliphatic carbocycles. The van der Waals surface area contributed by atoms with Crippen LogP contribution in [-0.2, 0) is 18.9 Å². The normalized spacial score (nSPS) is 44.4. The summed E-state index contributed by atoms with van der Waals surface area (Å²) in [6.45, 7) is 15.5. The van der Waals surface area contributed by atoms with Gasteiger partial charge in [0.25, 0.3) is 0 Å². The molecule has 5 rings (SSSR count). The quantitative estimate of drug-likeness (QED) is 0.145. The second-order valence-electron chi connectivity index (χ2n) is 16.1. The molecular formula is C36H67N3O4. The number of hydrogen-bond acceptors (Lipinski definition) is 7. The highest BCUT2D eigenvalue weighted by Gasteiger charge is 2.66. The summed E-state index contributed by atoms with van der Waals surface area (Å²) in [6, 6.07) is 0. The molecule has 0 radical (unpaired) electrons. The number of hydrogen-bond donors (Lipinski definition) is 3. The van der Waals surface area contributed by atoms with E-state index in [1.54, 1.807) is 0 Å². The van der Waals surface area contributed by atoms with E-state index in [-0.39, 0.29) is 11.0 Å². The van der Waals surface area contributed by atoms with Gasteiger partial charge in [0.1, 0.15) is 0 Å². The lowest BCUT2D eigenvalue weighted by Gasteiger charge is -2.65. The monoisotopic (exact) mass is 606 g/mol. The molecule has 6 N–H and O–H groups in total. The first-order valence-corrected chi connectivity index (χ1v) is 18.3. The van der Waals surface area contributed by atoms with Crippen LogP contribution < -0.4 is 17.2 Å². The van der Waals surface area contributed by atoms with E-state index < -0.39 is 0 Å². The van der Waals surface area contributed by atoms with Gasteiger partial charge in [0, 0.05) is 25.2 Å². The summed E-state index contributed by atoms with van der Waals surface area (Å²) in [6.07, 6.45) is 16.1. The topological polar surface area (TPSA) is 118 Å². The van der Waals surface area contributed by atoms with Crippen LogP contribution in [0.15, 0.2) is 0 Å². The molecule has 1 heterocycles. The fourth-order valence-electron chi connectivity index (χ4n) is 10.9. The van der Waals surface area contributed by atoms with Crippen LogP contribution >= 0.6 is 0 Å². The van der Waals surface area contributed by atoms with Crippen molar-refractivity contribution in [2.24, 2.45) is 63.5 Å². The lowest BCUT2D eigenvalue weighted by Crippen LogP contribution is -2.63. The van der Waals surface area contributed by atoms with Gasteiger partial charge in [-0.3, -0.25) is 0 Å². The van der Waals surface area contributed by atoms with Gasteiger partial charge < -0.3 is 36.1 Å². The standard InChI is InChI=1S/C36H67N3O4/c1-25(9-5-13-34(2)24-43-34)28-10-11-29-33-30(23-32(36(28,29)4)42-20-8-17-39)35(3)14-12-27(40-18-6-15-37)21-26(35)22-31(33)41-19-7-16-38/h25-33H,5-24,37-39H2,1-4H3/t25-,26?,27-,28?,29+,30+,31-,32+,33?,34?,35?,36?/m1/s1. The van der Waals surface area contributed by atoms with Crippen LogP contribution in [0, 0.1) is 46.3 Å². The second-order valence-corrected chi connectivity index (χ2v) is 16.1. The summed E-state index contributed by atoms with van der Waals surface area (Å²) in [7, 11) is 0. The summed E-state index contributed by atoms with van der Waals surface area (Å²) in [4.78, 5) is 0. The van der Waals surface area contributed by atoms with Gasteiger partial charge in [-0.05, 0) is 138 Å². The van der Waals surface area contributed by atoms with Gasteiger partial charge in [-0.2, -0.15) is 0 Å². The van der Waals surface area contributed by atoms with Crippen molar-refractivity contribution in [2.45, 2.75) is 135 Å². The Kier molecular flexibility index (Phi) is 11.6. The van der Waals surface area contributed by atoms with Crippen molar-refractivity contribution < 1.29 is 18.9 Å². The third kappa shape index (κ3) is 7.18. The van der Waals surface area contributed by atoms with Gasteiger partial charge in [-0.15, -0.1) is 0 Å². The minimum Gasteiger partial charge on any atom is -0.378 e. The van der Waals surface area contributed by atoms with Gasteiger partial charge in [-0.25, -0.2) is 0 Å². The number of rotatable bonds is 17. The Morgan fingerprint density at radius 1 is 0.791 bits per heavy atom. The summed E-state index contributed by atoms with van der Waals surface area (Å²) in [5, 5.41) is 0.